The van der Waals surface area contributed by atoms with Gasteiger partial charge in [-0.1, -0.05) is 0 Å². The molecule has 0 aliphatic rings. The van der Waals surface area contributed by atoms with Crippen molar-refractivity contribution in [3.05, 3.63) is 29.6 Å². The van der Waals surface area contributed by atoms with Crippen molar-refractivity contribution in [2.45, 2.75) is 0 Å². The Bertz CT molecular complexity index is 434. The summed E-state index contributed by atoms with van der Waals surface area (Å²) < 4.78 is 4.89. The summed E-state index contributed by atoms with van der Waals surface area (Å²) in [7, 11) is 3.17. The Morgan fingerprint density at radius 2 is 2.00 bits per heavy atom. The van der Waals surface area contributed by atoms with Crippen LogP contribution in [0.5, 0.6) is 0 Å². The standard InChI is InChI=1S/C13H20N4O3/c1-14-13(19)11-4-3-10(9-17-11)12(18)16-6-5-15-7-8-20-2/h3-4,9,15H,5-8H2,1-2H3,(H,14,19)(H,16,18). The van der Waals surface area contributed by atoms with Gasteiger partial charge in [0.2, 0.25) is 0 Å². The Balaban J connectivity index is 2.34. The number of aromatic nitrogens is 1. The molecule has 1 aromatic rings. The van der Waals surface area contributed by atoms with Crippen molar-refractivity contribution in [3.63, 3.8) is 0 Å². The van der Waals surface area contributed by atoms with Crippen molar-refractivity contribution >= 4 is 11.8 Å². The highest BCUT2D eigenvalue weighted by Crippen LogP contribution is 2.00. The van der Waals surface area contributed by atoms with Crippen molar-refractivity contribution in [3.8, 4) is 0 Å². The van der Waals surface area contributed by atoms with Crippen molar-refractivity contribution in [2.24, 2.45) is 0 Å². The quantitative estimate of drug-likeness (QED) is 0.553. The van der Waals surface area contributed by atoms with E-state index < -0.39 is 0 Å². The number of rotatable bonds is 8. The number of nitrogens with one attached hydrogen (secondary N) is 3. The molecular formula is C13H20N4O3. The fraction of sp³-hybridized carbons (Fsp3) is 0.462. The van der Waals surface area contributed by atoms with E-state index in [4.69, 9.17) is 4.74 Å². The first-order valence-electron chi connectivity index (χ1n) is 6.35. The average Bonchev–Trinajstić information content (AvgIpc) is 2.50. The predicted octanol–water partition coefficient (Wildman–Crippen LogP) is -0.593. The summed E-state index contributed by atoms with van der Waals surface area (Å²) in [6.07, 6.45) is 1.39. The molecule has 3 N–H and O–H groups in total. The molecule has 1 heterocycles. The van der Waals surface area contributed by atoms with E-state index in [2.05, 4.69) is 20.9 Å². The lowest BCUT2D eigenvalue weighted by Crippen LogP contribution is -2.33. The first kappa shape index (κ1) is 16.1. The number of nitrogens with zero attached hydrogens (tertiary/aromatic N) is 1. The molecule has 0 radical (unpaired) electrons. The van der Waals surface area contributed by atoms with E-state index in [0.29, 0.717) is 25.3 Å². The minimum atomic E-state index is -0.278. The van der Waals surface area contributed by atoms with Crippen LogP contribution in [-0.4, -0.2) is 57.2 Å². The van der Waals surface area contributed by atoms with Gasteiger partial charge in [-0.25, -0.2) is 0 Å². The fourth-order valence-corrected chi connectivity index (χ4v) is 1.46. The largest absolute Gasteiger partial charge is 0.383 e. The molecule has 2 amide bonds. The van der Waals surface area contributed by atoms with Crippen molar-refractivity contribution in [1.82, 2.24) is 20.9 Å². The number of carbonyl (C=O) groups is 2. The molecule has 0 aliphatic carbocycles. The monoisotopic (exact) mass is 280 g/mol. The van der Waals surface area contributed by atoms with Gasteiger partial charge in [0, 0.05) is 40.0 Å². The predicted molar refractivity (Wildman–Crippen MR) is 74.7 cm³/mol. The topological polar surface area (TPSA) is 92.4 Å². The van der Waals surface area contributed by atoms with Crippen LogP contribution in [0, 0.1) is 0 Å². The second kappa shape index (κ2) is 9.00. The van der Waals surface area contributed by atoms with Crippen LogP contribution in [0.2, 0.25) is 0 Å². The van der Waals surface area contributed by atoms with Gasteiger partial charge in [-0.3, -0.25) is 14.6 Å². The van der Waals surface area contributed by atoms with Gasteiger partial charge >= 0.3 is 0 Å². The van der Waals surface area contributed by atoms with E-state index in [0.717, 1.165) is 6.54 Å². The number of methoxy groups -OCH3 is 1. The summed E-state index contributed by atoms with van der Waals surface area (Å²) in [4.78, 5) is 27.0. The number of amides is 2. The molecular weight excluding hydrogens is 260 g/mol. The van der Waals surface area contributed by atoms with Crippen LogP contribution >= 0.6 is 0 Å². The zero-order chi connectivity index (χ0) is 14.8. The highest BCUT2D eigenvalue weighted by molar-refractivity contribution is 5.96. The molecule has 110 valence electrons. The summed E-state index contributed by atoms with van der Waals surface area (Å²) in [6.45, 7) is 2.56. The third-order valence-corrected chi connectivity index (χ3v) is 2.56. The molecule has 0 aromatic carbocycles. The zero-order valence-electron chi connectivity index (χ0n) is 11.7. The zero-order valence-corrected chi connectivity index (χ0v) is 11.7. The summed E-state index contributed by atoms with van der Waals surface area (Å²) in [5.74, 6) is -0.492. The normalized spacial score (nSPS) is 10.1. The van der Waals surface area contributed by atoms with Crippen LogP contribution < -0.4 is 16.0 Å². The molecule has 1 rings (SSSR count). The summed E-state index contributed by atoms with van der Waals surface area (Å²) in [6, 6.07) is 3.09. The smallest absolute Gasteiger partial charge is 0.269 e. The molecule has 0 atom stereocenters. The molecule has 0 saturated carbocycles. The first-order chi connectivity index (χ1) is 9.69. The van der Waals surface area contributed by atoms with E-state index >= 15 is 0 Å². The van der Waals surface area contributed by atoms with Crippen LogP contribution in [0.25, 0.3) is 0 Å². The second-order valence-corrected chi connectivity index (χ2v) is 4.01. The highest BCUT2D eigenvalue weighted by Gasteiger charge is 2.08. The maximum absolute atomic E-state index is 11.8. The Labute approximate surface area is 118 Å². The Morgan fingerprint density at radius 3 is 2.60 bits per heavy atom. The van der Waals surface area contributed by atoms with Gasteiger partial charge in [0.15, 0.2) is 0 Å². The van der Waals surface area contributed by atoms with Crippen molar-refractivity contribution in [1.29, 1.82) is 0 Å². The van der Waals surface area contributed by atoms with E-state index in [-0.39, 0.29) is 17.5 Å². The molecule has 20 heavy (non-hydrogen) atoms. The molecule has 0 fully saturated rings. The molecule has 0 unspecified atom stereocenters. The first-order valence-corrected chi connectivity index (χ1v) is 6.35. The Kier molecular flexibility index (Phi) is 7.23. The molecule has 1 aromatic heterocycles. The van der Waals surface area contributed by atoms with E-state index in [1.54, 1.807) is 13.2 Å². The van der Waals surface area contributed by atoms with Gasteiger partial charge in [0.05, 0.1) is 12.2 Å². The number of hydrogen-bond donors (Lipinski definition) is 3. The minimum absolute atomic E-state index is 0.213. The molecule has 0 aliphatic heterocycles. The lowest BCUT2D eigenvalue weighted by Gasteiger charge is -2.06. The summed E-state index contributed by atoms with van der Waals surface area (Å²) in [5, 5.41) is 8.34. The third kappa shape index (κ3) is 5.33. The van der Waals surface area contributed by atoms with E-state index in [1.807, 2.05) is 0 Å². The maximum atomic E-state index is 11.8. The van der Waals surface area contributed by atoms with Gasteiger partial charge < -0.3 is 20.7 Å². The highest BCUT2D eigenvalue weighted by atomic mass is 16.5. The number of carbonyl (C=O) groups excluding carboxylic acids is 2. The summed E-state index contributed by atoms with van der Waals surface area (Å²) in [5.41, 5.74) is 0.708. The second-order valence-electron chi connectivity index (χ2n) is 4.01. The van der Waals surface area contributed by atoms with E-state index in [1.165, 1.54) is 19.3 Å². The minimum Gasteiger partial charge on any atom is -0.383 e. The Hall–Kier alpha value is -1.99. The fourth-order valence-electron chi connectivity index (χ4n) is 1.46. The SMILES string of the molecule is CNC(=O)c1ccc(C(=O)NCCNCCOC)cn1. The van der Waals surface area contributed by atoms with Crippen LogP contribution in [0.1, 0.15) is 20.8 Å². The maximum Gasteiger partial charge on any atom is 0.269 e. The molecule has 7 nitrogen and oxygen atoms in total. The number of ether oxygens (including phenoxy) is 1. The molecule has 0 spiro atoms. The van der Waals surface area contributed by atoms with Crippen LogP contribution in [-0.2, 0) is 4.74 Å². The average molecular weight is 280 g/mol. The number of hydrogen-bond acceptors (Lipinski definition) is 5. The van der Waals surface area contributed by atoms with Crippen LogP contribution in [0.15, 0.2) is 18.3 Å². The lowest BCUT2D eigenvalue weighted by molar-refractivity contribution is 0.0942. The van der Waals surface area contributed by atoms with Crippen LogP contribution in [0.4, 0.5) is 0 Å². The van der Waals surface area contributed by atoms with Gasteiger partial charge in [-0.05, 0) is 12.1 Å². The van der Waals surface area contributed by atoms with Crippen LogP contribution in [0.3, 0.4) is 0 Å². The lowest BCUT2D eigenvalue weighted by atomic mass is 10.2. The third-order valence-electron chi connectivity index (χ3n) is 2.56. The van der Waals surface area contributed by atoms with Gasteiger partial charge in [0.1, 0.15) is 5.69 Å². The summed E-state index contributed by atoms with van der Waals surface area (Å²) >= 11 is 0. The molecule has 7 heteroatoms. The van der Waals surface area contributed by atoms with E-state index in [9.17, 15) is 9.59 Å². The van der Waals surface area contributed by atoms with Crippen molar-refractivity contribution in [2.75, 3.05) is 40.4 Å². The number of pyridine rings is 1. The molecule has 0 bridgehead atoms. The Morgan fingerprint density at radius 1 is 1.20 bits per heavy atom. The van der Waals surface area contributed by atoms with Gasteiger partial charge in [0.25, 0.3) is 11.8 Å². The van der Waals surface area contributed by atoms with Gasteiger partial charge in [-0.2, -0.15) is 0 Å². The van der Waals surface area contributed by atoms with Crippen molar-refractivity contribution < 1.29 is 14.3 Å². The molecule has 0 saturated heterocycles. The van der Waals surface area contributed by atoms with Gasteiger partial charge in [-0.15, -0.1) is 0 Å².